The van der Waals surface area contributed by atoms with Crippen molar-refractivity contribution in [2.24, 2.45) is 5.73 Å². The first kappa shape index (κ1) is 10.4. The van der Waals surface area contributed by atoms with E-state index in [1.165, 1.54) is 0 Å². The number of hydrogen-bond donors (Lipinski definition) is 2. The van der Waals surface area contributed by atoms with Crippen molar-refractivity contribution < 1.29 is 18.3 Å². The summed E-state index contributed by atoms with van der Waals surface area (Å²) in [5, 5.41) is 8.14. The molecule has 5 nitrogen and oxygen atoms in total. The van der Waals surface area contributed by atoms with E-state index in [0.29, 0.717) is 6.42 Å². The summed E-state index contributed by atoms with van der Waals surface area (Å²) in [6.45, 7) is 0.263. The quantitative estimate of drug-likeness (QED) is 0.557. The van der Waals surface area contributed by atoms with Crippen molar-refractivity contribution in [1.82, 2.24) is 0 Å². The molecule has 0 amide bonds. The third-order valence-corrected chi connectivity index (χ3v) is 2.60. The fourth-order valence-corrected chi connectivity index (χ4v) is 1.69. The molecular formula is C5H11NO4S. The Morgan fingerprint density at radius 2 is 2.00 bits per heavy atom. The van der Waals surface area contributed by atoms with Crippen molar-refractivity contribution in [1.29, 1.82) is 0 Å². The number of rotatable bonds is 5. The average molecular weight is 181 g/mol. The molecule has 0 bridgehead atoms. The number of hydrogen-bond acceptors (Lipinski definition) is 4. The number of nitrogens with two attached hydrogens (primary N) is 1. The molecule has 0 aromatic heterocycles. The van der Waals surface area contributed by atoms with Crippen molar-refractivity contribution in [3.05, 3.63) is 0 Å². The van der Waals surface area contributed by atoms with E-state index in [2.05, 4.69) is 0 Å². The van der Waals surface area contributed by atoms with Crippen LogP contribution in [0.2, 0.25) is 0 Å². The summed E-state index contributed by atoms with van der Waals surface area (Å²) in [6.07, 6.45) is 0.315. The molecule has 0 aliphatic carbocycles. The summed E-state index contributed by atoms with van der Waals surface area (Å²) in [6, 6.07) is 0. The van der Waals surface area contributed by atoms with Crippen molar-refractivity contribution in [3.8, 4) is 0 Å². The first-order valence-corrected chi connectivity index (χ1v) is 4.92. The van der Waals surface area contributed by atoms with E-state index in [1.807, 2.05) is 0 Å². The molecule has 3 N–H and O–H groups in total. The lowest BCUT2D eigenvalue weighted by Crippen LogP contribution is -2.19. The summed E-state index contributed by atoms with van der Waals surface area (Å²) >= 11 is 0. The fourth-order valence-electron chi connectivity index (χ4n) is 0.564. The minimum atomic E-state index is -3.42. The molecule has 0 aromatic carbocycles. The molecule has 0 heterocycles. The summed E-state index contributed by atoms with van der Waals surface area (Å²) in [5.74, 6) is -2.26. The second kappa shape index (κ2) is 4.30. The number of carboxylic acids is 1. The van der Waals surface area contributed by atoms with Gasteiger partial charge in [-0.1, -0.05) is 0 Å². The van der Waals surface area contributed by atoms with Crippen LogP contribution < -0.4 is 5.73 Å². The van der Waals surface area contributed by atoms with Crippen LogP contribution in [-0.4, -0.2) is 37.5 Å². The Labute approximate surface area is 65.1 Å². The highest BCUT2D eigenvalue weighted by Crippen LogP contribution is 1.92. The molecule has 0 aliphatic rings. The molecule has 11 heavy (non-hydrogen) atoms. The van der Waals surface area contributed by atoms with Gasteiger partial charge in [0, 0.05) is 0 Å². The van der Waals surface area contributed by atoms with Crippen LogP contribution in [0, 0.1) is 0 Å². The molecule has 0 rings (SSSR count). The van der Waals surface area contributed by atoms with E-state index < -0.39 is 21.6 Å². The molecule has 0 unspecified atom stereocenters. The van der Waals surface area contributed by atoms with Gasteiger partial charge in [-0.25, -0.2) is 8.42 Å². The standard InChI is InChI=1S/C5H11NO4S/c6-2-1-3-11(9,10)4-5(7)8/h1-4,6H2,(H,7,8). The Balaban J connectivity index is 3.92. The third kappa shape index (κ3) is 5.81. The lowest BCUT2D eigenvalue weighted by molar-refractivity contribution is -0.134. The molecule has 0 saturated heterocycles. The number of carboxylic acid groups (broad SMARTS) is 1. The summed E-state index contributed by atoms with van der Waals surface area (Å²) in [4.78, 5) is 9.97. The summed E-state index contributed by atoms with van der Waals surface area (Å²) in [5.41, 5.74) is 5.05. The van der Waals surface area contributed by atoms with Crippen LogP contribution >= 0.6 is 0 Å². The topological polar surface area (TPSA) is 97.5 Å². The highest BCUT2D eigenvalue weighted by Gasteiger charge is 2.14. The normalized spacial score (nSPS) is 11.4. The molecule has 66 valence electrons. The number of aliphatic carboxylic acids is 1. The van der Waals surface area contributed by atoms with Gasteiger partial charge < -0.3 is 10.8 Å². The zero-order valence-electron chi connectivity index (χ0n) is 5.99. The van der Waals surface area contributed by atoms with Gasteiger partial charge in [-0.2, -0.15) is 0 Å². The zero-order valence-corrected chi connectivity index (χ0v) is 6.80. The van der Waals surface area contributed by atoms with E-state index >= 15 is 0 Å². The smallest absolute Gasteiger partial charge is 0.318 e. The maximum Gasteiger partial charge on any atom is 0.318 e. The van der Waals surface area contributed by atoms with Crippen molar-refractivity contribution in [2.45, 2.75) is 6.42 Å². The van der Waals surface area contributed by atoms with Crippen LogP contribution in [0.1, 0.15) is 6.42 Å². The van der Waals surface area contributed by atoms with E-state index in [4.69, 9.17) is 10.8 Å². The van der Waals surface area contributed by atoms with Crippen LogP contribution in [0.15, 0.2) is 0 Å². The van der Waals surface area contributed by atoms with Crippen LogP contribution in [0.3, 0.4) is 0 Å². The molecular weight excluding hydrogens is 170 g/mol. The predicted molar refractivity (Wildman–Crippen MR) is 40.0 cm³/mol. The Bertz CT molecular complexity index is 221. The van der Waals surface area contributed by atoms with Crippen LogP contribution in [0.4, 0.5) is 0 Å². The molecule has 0 spiro atoms. The van der Waals surface area contributed by atoms with Gasteiger partial charge in [-0.3, -0.25) is 4.79 Å². The first-order valence-electron chi connectivity index (χ1n) is 3.10. The summed E-state index contributed by atoms with van der Waals surface area (Å²) in [7, 11) is -3.42. The number of carbonyl (C=O) groups is 1. The van der Waals surface area contributed by atoms with Crippen LogP contribution in [-0.2, 0) is 14.6 Å². The summed E-state index contributed by atoms with van der Waals surface area (Å²) < 4.78 is 21.5. The lowest BCUT2D eigenvalue weighted by Gasteiger charge is -1.97. The lowest BCUT2D eigenvalue weighted by atomic mass is 10.5. The van der Waals surface area contributed by atoms with Gasteiger partial charge in [-0.05, 0) is 13.0 Å². The number of sulfone groups is 1. The van der Waals surface area contributed by atoms with Gasteiger partial charge in [-0.15, -0.1) is 0 Å². The molecule has 0 aromatic rings. The van der Waals surface area contributed by atoms with E-state index in [0.717, 1.165) is 0 Å². The molecule has 0 saturated carbocycles. The van der Waals surface area contributed by atoms with Gasteiger partial charge in [0.1, 0.15) is 5.75 Å². The molecule has 0 radical (unpaired) electrons. The molecule has 6 heteroatoms. The fraction of sp³-hybridized carbons (Fsp3) is 0.800. The maximum atomic E-state index is 10.8. The minimum Gasteiger partial charge on any atom is -0.480 e. The second-order valence-electron chi connectivity index (χ2n) is 2.13. The minimum absolute atomic E-state index is 0.143. The maximum absolute atomic E-state index is 10.8. The monoisotopic (exact) mass is 181 g/mol. The van der Waals surface area contributed by atoms with Gasteiger partial charge >= 0.3 is 5.97 Å². The average Bonchev–Trinajstić information content (AvgIpc) is 1.81. The first-order chi connectivity index (χ1) is 4.98. The Kier molecular flexibility index (Phi) is 4.06. The van der Waals surface area contributed by atoms with E-state index in [9.17, 15) is 13.2 Å². The highest BCUT2D eigenvalue weighted by molar-refractivity contribution is 7.92. The zero-order chi connectivity index (χ0) is 8.91. The van der Waals surface area contributed by atoms with Crippen molar-refractivity contribution in [2.75, 3.05) is 18.1 Å². The van der Waals surface area contributed by atoms with Gasteiger partial charge in [0.2, 0.25) is 0 Å². The SMILES string of the molecule is NCCCS(=O)(=O)CC(=O)O. The highest BCUT2D eigenvalue weighted by atomic mass is 32.2. The molecule has 0 fully saturated rings. The van der Waals surface area contributed by atoms with E-state index in [-0.39, 0.29) is 12.3 Å². The molecule has 0 atom stereocenters. The van der Waals surface area contributed by atoms with Gasteiger partial charge in [0.15, 0.2) is 9.84 Å². The third-order valence-electron chi connectivity index (χ3n) is 1.00. The Morgan fingerprint density at radius 3 is 2.36 bits per heavy atom. The Hall–Kier alpha value is -0.620. The van der Waals surface area contributed by atoms with Crippen molar-refractivity contribution in [3.63, 3.8) is 0 Å². The van der Waals surface area contributed by atoms with Crippen LogP contribution in [0.25, 0.3) is 0 Å². The largest absolute Gasteiger partial charge is 0.480 e. The Morgan fingerprint density at radius 1 is 1.45 bits per heavy atom. The second-order valence-corrected chi connectivity index (χ2v) is 4.31. The van der Waals surface area contributed by atoms with Gasteiger partial charge in [0.05, 0.1) is 5.75 Å². The van der Waals surface area contributed by atoms with Crippen LogP contribution in [0.5, 0.6) is 0 Å². The van der Waals surface area contributed by atoms with Crippen molar-refractivity contribution >= 4 is 15.8 Å². The molecule has 0 aliphatic heterocycles. The van der Waals surface area contributed by atoms with Gasteiger partial charge in [0.25, 0.3) is 0 Å². The predicted octanol–water partition coefficient (Wildman–Crippen LogP) is -1.17. The van der Waals surface area contributed by atoms with E-state index in [1.54, 1.807) is 0 Å².